The predicted octanol–water partition coefficient (Wildman–Crippen LogP) is 4.87. The smallest absolute Gasteiger partial charge is 0.251 e. The number of hydrogen-bond donors (Lipinski definition) is 3. The molecule has 1 aliphatic heterocycles. The highest BCUT2D eigenvalue weighted by Gasteiger charge is 2.60. The summed E-state index contributed by atoms with van der Waals surface area (Å²) in [5, 5.41) is 6.57. The number of nitrogens with zero attached hydrogens (tertiary/aromatic N) is 3. The second kappa shape index (κ2) is 9.64. The van der Waals surface area contributed by atoms with Gasteiger partial charge >= 0.3 is 0 Å². The average molecular weight is 545 g/mol. The quantitative estimate of drug-likeness (QED) is 0.443. The zero-order valence-electron chi connectivity index (χ0n) is 19.8. The first-order valence-corrected chi connectivity index (χ1v) is 13.9. The summed E-state index contributed by atoms with van der Waals surface area (Å²) in [6, 6.07) is 5.35. The Labute approximate surface area is 216 Å². The van der Waals surface area contributed by atoms with Gasteiger partial charge in [-0.15, -0.1) is 0 Å². The average Bonchev–Trinajstić information content (AvgIpc) is 3.03. The molecular formula is C23H31ClF2N6OS2. The number of piperidine rings is 1. The van der Waals surface area contributed by atoms with Crippen LogP contribution in [-0.4, -0.2) is 37.9 Å². The molecule has 6 N–H and O–H groups in total. The van der Waals surface area contributed by atoms with Crippen molar-refractivity contribution in [2.45, 2.75) is 66.5 Å². The molecule has 0 amide bonds. The van der Waals surface area contributed by atoms with Gasteiger partial charge in [-0.2, -0.15) is 0 Å². The van der Waals surface area contributed by atoms with Crippen molar-refractivity contribution in [3.8, 4) is 0 Å². The van der Waals surface area contributed by atoms with Gasteiger partial charge in [-0.1, -0.05) is 29.4 Å². The van der Waals surface area contributed by atoms with Crippen molar-refractivity contribution in [3.63, 3.8) is 0 Å². The van der Waals surface area contributed by atoms with Crippen molar-refractivity contribution in [1.29, 1.82) is 0 Å². The van der Waals surface area contributed by atoms with Crippen molar-refractivity contribution >= 4 is 51.7 Å². The summed E-state index contributed by atoms with van der Waals surface area (Å²) in [7, 11) is -1.68. The van der Waals surface area contributed by atoms with Gasteiger partial charge in [0.05, 0.1) is 32.6 Å². The first kappa shape index (κ1) is 26.4. The minimum absolute atomic E-state index is 0.133. The number of hydrogen-bond acceptors (Lipinski definition) is 7. The molecule has 4 rings (SSSR count). The highest BCUT2D eigenvalue weighted by molar-refractivity contribution is 7.99. The predicted molar refractivity (Wildman–Crippen MR) is 139 cm³/mol. The zero-order valence-corrected chi connectivity index (χ0v) is 22.2. The van der Waals surface area contributed by atoms with Gasteiger partial charge in [0, 0.05) is 30.3 Å². The van der Waals surface area contributed by atoms with Crippen molar-refractivity contribution in [1.82, 2.24) is 9.97 Å². The van der Waals surface area contributed by atoms with Gasteiger partial charge in [-0.25, -0.2) is 23.0 Å². The van der Waals surface area contributed by atoms with Crippen LogP contribution in [0.15, 0.2) is 34.3 Å². The summed E-state index contributed by atoms with van der Waals surface area (Å²) in [5.41, 5.74) is 12.0. The molecule has 0 bridgehead atoms. The standard InChI is InChI=1S/C23H31ClF2N6OS2/c1-21(2,35(29)33)12-16-22(6-7-23(16,25)26)8-10-32(11-9-22)17-13-30-20(19(28)31-17)34-15-5-3-4-14(27)18(15)24/h3-5,13,16H,6-12,27,29H2,1-2H3,(H2,28,31)/t16-,35?/m0/s1. The van der Waals surface area contributed by atoms with Crippen LogP contribution >= 0.6 is 23.4 Å². The largest absolute Gasteiger partial charge is 0.397 e. The van der Waals surface area contributed by atoms with E-state index in [9.17, 15) is 13.0 Å². The molecule has 1 saturated heterocycles. The van der Waals surface area contributed by atoms with Gasteiger partial charge in [0.1, 0.15) is 10.8 Å². The maximum absolute atomic E-state index is 15.0. The highest BCUT2D eigenvalue weighted by atomic mass is 35.5. The molecule has 12 heteroatoms. The lowest BCUT2D eigenvalue weighted by molar-refractivity contribution is -0.0748. The Bertz CT molecular complexity index is 1130. The third-order valence-corrected chi connectivity index (χ3v) is 10.3. The number of aromatic nitrogens is 2. The third-order valence-electron chi connectivity index (χ3n) is 7.48. The molecular weight excluding hydrogens is 514 g/mol. The maximum Gasteiger partial charge on any atom is 0.251 e. The molecule has 1 aromatic heterocycles. The fourth-order valence-corrected chi connectivity index (χ4v) is 6.65. The molecule has 2 aromatic rings. The molecule has 2 atom stereocenters. The SMILES string of the molecule is CC(C)(C[C@@H]1C(F)(F)CCC12CCN(c1cnc(Sc3cccc(N)c3Cl)c(N)n1)CC2)S(N)=O. The van der Waals surface area contributed by atoms with E-state index < -0.39 is 33.0 Å². The van der Waals surface area contributed by atoms with Gasteiger partial charge in [0.15, 0.2) is 5.82 Å². The molecule has 2 fully saturated rings. The Balaban J connectivity index is 1.47. The summed E-state index contributed by atoms with van der Waals surface area (Å²) in [4.78, 5) is 11.8. The van der Waals surface area contributed by atoms with E-state index in [1.807, 2.05) is 11.0 Å². The normalized spacial score (nSPS) is 22.5. The summed E-state index contributed by atoms with van der Waals surface area (Å²) in [5.74, 6) is -2.75. The van der Waals surface area contributed by atoms with Crippen LogP contribution in [0, 0.1) is 11.3 Å². The van der Waals surface area contributed by atoms with E-state index in [1.54, 1.807) is 32.2 Å². The van der Waals surface area contributed by atoms with Gasteiger partial charge in [-0.05, 0) is 57.1 Å². The number of halogens is 3. The van der Waals surface area contributed by atoms with E-state index in [4.69, 9.17) is 28.2 Å². The Morgan fingerprint density at radius 3 is 2.54 bits per heavy atom. The van der Waals surface area contributed by atoms with E-state index in [-0.39, 0.29) is 18.7 Å². The van der Waals surface area contributed by atoms with Crippen LogP contribution in [0.3, 0.4) is 0 Å². The molecule has 1 saturated carbocycles. The second-order valence-electron chi connectivity index (χ2n) is 10.1. The van der Waals surface area contributed by atoms with Gasteiger partial charge in [0.25, 0.3) is 5.92 Å². The molecule has 192 valence electrons. The van der Waals surface area contributed by atoms with Crippen LogP contribution < -0.4 is 21.5 Å². The Morgan fingerprint density at radius 1 is 1.23 bits per heavy atom. The second-order valence-corrected chi connectivity index (χ2v) is 13.2. The van der Waals surface area contributed by atoms with Crippen LogP contribution in [0.25, 0.3) is 0 Å². The number of nitrogen functional groups attached to an aromatic ring is 2. The van der Waals surface area contributed by atoms with E-state index >= 15 is 0 Å². The Morgan fingerprint density at radius 2 is 1.91 bits per heavy atom. The van der Waals surface area contributed by atoms with E-state index in [0.29, 0.717) is 53.9 Å². The highest BCUT2D eigenvalue weighted by Crippen LogP contribution is 2.60. The van der Waals surface area contributed by atoms with Crippen LogP contribution in [0.2, 0.25) is 5.02 Å². The molecule has 7 nitrogen and oxygen atoms in total. The van der Waals surface area contributed by atoms with E-state index in [0.717, 1.165) is 4.90 Å². The van der Waals surface area contributed by atoms with Crippen molar-refractivity contribution < 1.29 is 13.0 Å². The van der Waals surface area contributed by atoms with Crippen LogP contribution in [-0.2, 0) is 11.0 Å². The molecule has 1 unspecified atom stereocenters. The van der Waals surface area contributed by atoms with Crippen molar-refractivity contribution in [2.75, 3.05) is 29.5 Å². The number of nitrogens with two attached hydrogens (primary N) is 3. The topological polar surface area (TPSA) is 124 Å². The first-order valence-electron chi connectivity index (χ1n) is 11.5. The molecule has 0 radical (unpaired) electrons. The summed E-state index contributed by atoms with van der Waals surface area (Å²) in [6.45, 7) is 4.55. The summed E-state index contributed by atoms with van der Waals surface area (Å²) >= 11 is 7.56. The van der Waals surface area contributed by atoms with Crippen LogP contribution in [0.4, 0.5) is 26.1 Å². The van der Waals surface area contributed by atoms with E-state index in [1.165, 1.54) is 11.8 Å². The lowest BCUT2D eigenvalue weighted by atomic mass is 9.67. The summed E-state index contributed by atoms with van der Waals surface area (Å²) in [6.07, 6.45) is 3.29. The number of benzene rings is 1. The molecule has 1 aromatic carbocycles. The lowest BCUT2D eigenvalue weighted by Crippen LogP contribution is -2.48. The minimum Gasteiger partial charge on any atom is -0.397 e. The minimum atomic E-state index is -2.79. The van der Waals surface area contributed by atoms with Gasteiger partial charge in [0.2, 0.25) is 0 Å². The number of rotatable bonds is 6. The van der Waals surface area contributed by atoms with Gasteiger partial charge in [-0.3, -0.25) is 5.14 Å². The van der Waals surface area contributed by atoms with Crippen LogP contribution in [0.1, 0.15) is 46.0 Å². The molecule has 1 aliphatic carbocycles. The van der Waals surface area contributed by atoms with Gasteiger partial charge < -0.3 is 16.4 Å². The zero-order chi connectivity index (χ0) is 25.6. The monoisotopic (exact) mass is 544 g/mol. The first-order chi connectivity index (χ1) is 16.3. The Kier molecular flexibility index (Phi) is 7.27. The third kappa shape index (κ3) is 5.23. The fraction of sp³-hybridized carbons (Fsp3) is 0.565. The van der Waals surface area contributed by atoms with E-state index in [2.05, 4.69) is 9.97 Å². The number of anilines is 3. The Hall–Kier alpha value is -1.69. The van der Waals surface area contributed by atoms with Crippen molar-refractivity contribution in [2.24, 2.45) is 16.5 Å². The molecule has 35 heavy (non-hydrogen) atoms. The summed E-state index contributed by atoms with van der Waals surface area (Å²) < 4.78 is 41.0. The number of alkyl halides is 2. The molecule has 2 aliphatic rings. The molecule has 1 spiro atoms. The van der Waals surface area contributed by atoms with Crippen molar-refractivity contribution in [3.05, 3.63) is 29.4 Å². The lowest BCUT2D eigenvalue weighted by Gasteiger charge is -2.45. The molecule has 2 heterocycles. The fourth-order valence-electron chi connectivity index (χ4n) is 5.26. The maximum atomic E-state index is 15.0. The van der Waals surface area contributed by atoms with Crippen LogP contribution in [0.5, 0.6) is 0 Å².